The highest BCUT2D eigenvalue weighted by Gasteiger charge is 2.15. The van der Waals surface area contributed by atoms with E-state index in [0.29, 0.717) is 5.82 Å². The van der Waals surface area contributed by atoms with Crippen molar-refractivity contribution in [2.24, 2.45) is 0 Å². The van der Waals surface area contributed by atoms with Gasteiger partial charge in [-0.05, 0) is 19.2 Å². The number of rotatable bonds is 3. The normalized spacial score (nSPS) is 18.2. The largest absolute Gasteiger partial charge is 0.385 e. The maximum Gasteiger partial charge on any atom is 0.162 e. The molecule has 3 rings (SSSR count). The molecule has 0 radical (unpaired) electrons. The molecule has 2 N–H and O–H groups in total. The van der Waals surface area contributed by atoms with Gasteiger partial charge in [0.2, 0.25) is 0 Å². The van der Waals surface area contributed by atoms with Crippen LogP contribution in [0.5, 0.6) is 0 Å². The molecule has 1 aliphatic heterocycles. The van der Waals surface area contributed by atoms with Gasteiger partial charge >= 0.3 is 0 Å². The van der Waals surface area contributed by atoms with Gasteiger partial charge in [0, 0.05) is 39.1 Å². The number of anilines is 1. The van der Waals surface area contributed by atoms with E-state index in [1.807, 2.05) is 22.6 Å². The van der Waals surface area contributed by atoms with Crippen LogP contribution in [0, 0.1) is 0 Å². The van der Waals surface area contributed by atoms with E-state index in [1.54, 1.807) is 0 Å². The Hall–Kier alpha value is -1.66. The second-order valence-corrected chi connectivity index (χ2v) is 5.16. The van der Waals surface area contributed by atoms with Crippen molar-refractivity contribution in [3.8, 4) is 0 Å². The first kappa shape index (κ1) is 12.4. The molecule has 0 atom stereocenters. The third-order valence-corrected chi connectivity index (χ3v) is 3.77. The predicted molar refractivity (Wildman–Crippen MR) is 75.0 cm³/mol. The van der Waals surface area contributed by atoms with Crippen LogP contribution in [0.15, 0.2) is 18.2 Å². The molecule has 1 fully saturated rings. The Morgan fingerprint density at radius 2 is 1.95 bits per heavy atom. The topological polar surface area (TPSA) is 62.7 Å². The predicted octanol–water partition coefficient (Wildman–Crippen LogP) is 0.101. The molecule has 0 saturated carbocycles. The third-order valence-electron chi connectivity index (χ3n) is 3.77. The van der Waals surface area contributed by atoms with Crippen LogP contribution in [0.4, 0.5) is 5.82 Å². The van der Waals surface area contributed by atoms with E-state index in [4.69, 9.17) is 5.73 Å². The number of hydrogen-bond donors (Lipinski definition) is 1. The van der Waals surface area contributed by atoms with Crippen molar-refractivity contribution >= 4 is 11.5 Å². The Morgan fingerprint density at radius 3 is 2.74 bits per heavy atom. The molecule has 2 aromatic rings. The summed E-state index contributed by atoms with van der Waals surface area (Å²) in [6.45, 7) is 5.56. The van der Waals surface area contributed by atoms with Gasteiger partial charge in [0.05, 0.1) is 0 Å². The molecular weight excluding hydrogens is 240 g/mol. The Bertz CT molecular complexity index is 555. The number of nitrogen functional groups attached to an aromatic ring is 1. The molecule has 1 saturated heterocycles. The Balaban J connectivity index is 1.69. The van der Waals surface area contributed by atoms with Gasteiger partial charge in [-0.25, -0.2) is 0 Å². The molecule has 0 amide bonds. The number of hydrogen-bond acceptors (Lipinski definition) is 5. The molecule has 3 heterocycles. The zero-order valence-electron chi connectivity index (χ0n) is 11.3. The van der Waals surface area contributed by atoms with E-state index in [0.717, 1.165) is 50.6 Å². The van der Waals surface area contributed by atoms with Crippen molar-refractivity contribution in [1.82, 2.24) is 24.4 Å². The molecule has 0 unspecified atom stereocenters. The van der Waals surface area contributed by atoms with E-state index in [1.165, 1.54) is 0 Å². The number of fused-ring (bicyclic) bond motifs is 1. The summed E-state index contributed by atoms with van der Waals surface area (Å²) in [6.07, 6.45) is 0.888. The third kappa shape index (κ3) is 2.54. The van der Waals surface area contributed by atoms with Gasteiger partial charge in [-0.2, -0.15) is 0 Å². The molecule has 0 spiro atoms. The first-order chi connectivity index (χ1) is 9.24. The van der Waals surface area contributed by atoms with Gasteiger partial charge in [0.1, 0.15) is 11.6 Å². The summed E-state index contributed by atoms with van der Waals surface area (Å²) in [4.78, 5) is 4.83. The lowest BCUT2D eigenvalue weighted by Crippen LogP contribution is -2.45. The van der Waals surface area contributed by atoms with Gasteiger partial charge in [-0.15, -0.1) is 10.2 Å². The highest BCUT2D eigenvalue weighted by molar-refractivity contribution is 5.47. The maximum atomic E-state index is 5.99. The van der Waals surface area contributed by atoms with Gasteiger partial charge < -0.3 is 15.5 Å². The Morgan fingerprint density at radius 1 is 1.16 bits per heavy atom. The van der Waals surface area contributed by atoms with Crippen LogP contribution in [0.1, 0.15) is 5.82 Å². The Kier molecular flexibility index (Phi) is 3.35. The number of nitrogens with two attached hydrogens (primary N) is 1. The molecular formula is C13H20N6. The van der Waals surface area contributed by atoms with Gasteiger partial charge in [-0.3, -0.25) is 4.40 Å². The van der Waals surface area contributed by atoms with Crippen molar-refractivity contribution in [2.75, 3.05) is 45.5 Å². The van der Waals surface area contributed by atoms with E-state index in [9.17, 15) is 0 Å². The molecule has 6 nitrogen and oxygen atoms in total. The minimum atomic E-state index is 0.705. The van der Waals surface area contributed by atoms with Crippen LogP contribution >= 0.6 is 0 Å². The summed E-state index contributed by atoms with van der Waals surface area (Å²) in [6, 6.07) is 5.72. The fourth-order valence-corrected chi connectivity index (χ4v) is 2.52. The van der Waals surface area contributed by atoms with E-state index < -0.39 is 0 Å². The number of aromatic nitrogens is 3. The summed E-state index contributed by atoms with van der Waals surface area (Å²) in [7, 11) is 2.17. The molecule has 1 aliphatic rings. The van der Waals surface area contributed by atoms with Crippen molar-refractivity contribution in [2.45, 2.75) is 6.42 Å². The first-order valence-electron chi connectivity index (χ1n) is 6.73. The van der Waals surface area contributed by atoms with Crippen LogP contribution in [-0.4, -0.2) is 64.2 Å². The summed E-state index contributed by atoms with van der Waals surface area (Å²) >= 11 is 0. The molecule has 2 aromatic heterocycles. The van der Waals surface area contributed by atoms with Crippen molar-refractivity contribution in [1.29, 1.82) is 0 Å². The molecule has 102 valence electrons. The lowest BCUT2D eigenvalue weighted by atomic mass is 10.3. The van der Waals surface area contributed by atoms with Crippen LogP contribution in [0.2, 0.25) is 0 Å². The average molecular weight is 260 g/mol. The monoisotopic (exact) mass is 260 g/mol. The highest BCUT2D eigenvalue weighted by atomic mass is 15.3. The maximum absolute atomic E-state index is 5.99. The zero-order chi connectivity index (χ0) is 13.2. The average Bonchev–Trinajstić information content (AvgIpc) is 2.83. The van der Waals surface area contributed by atoms with Crippen molar-refractivity contribution in [3.63, 3.8) is 0 Å². The summed E-state index contributed by atoms with van der Waals surface area (Å²) in [5.74, 6) is 1.66. The van der Waals surface area contributed by atoms with Gasteiger partial charge in [0.25, 0.3) is 0 Å². The number of nitrogens with zero attached hydrogens (tertiary/aromatic N) is 5. The van der Waals surface area contributed by atoms with Gasteiger partial charge in [0.15, 0.2) is 5.65 Å². The molecule has 6 heteroatoms. The zero-order valence-corrected chi connectivity index (χ0v) is 11.3. The standard InChI is InChI=1S/C13H20N6/c1-17-7-9-18(10-8-17)6-5-13-16-15-12-4-2-3-11(14)19(12)13/h2-4H,5-10,14H2,1H3. The smallest absolute Gasteiger partial charge is 0.162 e. The summed E-state index contributed by atoms with van der Waals surface area (Å²) in [5, 5.41) is 8.41. The fourth-order valence-electron chi connectivity index (χ4n) is 2.52. The minimum Gasteiger partial charge on any atom is -0.385 e. The van der Waals surface area contributed by atoms with Gasteiger partial charge in [-0.1, -0.05) is 6.07 Å². The molecule has 0 bridgehead atoms. The highest BCUT2D eigenvalue weighted by Crippen LogP contribution is 2.11. The van der Waals surface area contributed by atoms with E-state index >= 15 is 0 Å². The SMILES string of the molecule is CN1CCN(CCc2nnc3cccc(N)n23)CC1. The number of likely N-dealkylation sites (N-methyl/N-ethyl adjacent to an activating group) is 1. The fraction of sp³-hybridized carbons (Fsp3) is 0.538. The van der Waals surface area contributed by atoms with Crippen molar-refractivity contribution < 1.29 is 0 Å². The molecule has 0 aromatic carbocycles. The minimum absolute atomic E-state index is 0.705. The molecule has 0 aliphatic carbocycles. The molecule has 19 heavy (non-hydrogen) atoms. The second-order valence-electron chi connectivity index (χ2n) is 5.16. The van der Waals surface area contributed by atoms with Crippen LogP contribution in [0.3, 0.4) is 0 Å². The van der Waals surface area contributed by atoms with E-state index in [2.05, 4.69) is 27.0 Å². The quantitative estimate of drug-likeness (QED) is 0.848. The van der Waals surface area contributed by atoms with Crippen molar-refractivity contribution in [3.05, 3.63) is 24.0 Å². The first-order valence-corrected chi connectivity index (χ1v) is 6.73. The van der Waals surface area contributed by atoms with Crippen LogP contribution in [0.25, 0.3) is 5.65 Å². The van der Waals surface area contributed by atoms with Crippen LogP contribution in [-0.2, 0) is 6.42 Å². The summed E-state index contributed by atoms with van der Waals surface area (Å²) in [5.41, 5.74) is 6.82. The summed E-state index contributed by atoms with van der Waals surface area (Å²) < 4.78 is 1.94. The van der Waals surface area contributed by atoms with Crippen LogP contribution < -0.4 is 5.73 Å². The second kappa shape index (κ2) is 5.14. The van der Waals surface area contributed by atoms with E-state index in [-0.39, 0.29) is 0 Å². The number of pyridine rings is 1. The lowest BCUT2D eigenvalue weighted by molar-refractivity contribution is 0.155. The lowest BCUT2D eigenvalue weighted by Gasteiger charge is -2.32. The number of piperazine rings is 1. The Labute approximate surface area is 112 Å².